The summed E-state index contributed by atoms with van der Waals surface area (Å²) >= 11 is 3.45. The molecule has 0 unspecified atom stereocenters. The number of primary amides is 1. The van der Waals surface area contributed by atoms with Crippen LogP contribution in [0.1, 0.15) is 16.1 Å². The van der Waals surface area contributed by atoms with Gasteiger partial charge in [-0.15, -0.1) is 0 Å². The van der Waals surface area contributed by atoms with Gasteiger partial charge in [0.15, 0.2) is 5.69 Å². The van der Waals surface area contributed by atoms with Crippen LogP contribution in [0.4, 0.5) is 0 Å². The van der Waals surface area contributed by atoms with Gasteiger partial charge < -0.3 is 10.5 Å². The van der Waals surface area contributed by atoms with Gasteiger partial charge in [0, 0.05) is 12.0 Å². The highest BCUT2D eigenvalue weighted by Crippen LogP contribution is 2.37. The number of aromatic nitrogens is 3. The molecule has 7 heteroatoms. The Balaban J connectivity index is 2.15. The molecule has 1 aromatic heterocycles. The number of hydrogen-bond acceptors (Lipinski definition) is 4. The Kier molecular flexibility index (Phi) is 2.55. The Labute approximate surface area is 111 Å². The molecule has 1 aliphatic heterocycles. The molecule has 3 rings (SSSR count). The van der Waals surface area contributed by atoms with Crippen molar-refractivity contribution in [2.45, 2.75) is 6.42 Å². The number of ether oxygens (including phenoxy) is 1. The van der Waals surface area contributed by atoms with Crippen molar-refractivity contribution in [3.05, 3.63) is 27.9 Å². The van der Waals surface area contributed by atoms with Crippen molar-refractivity contribution in [2.75, 3.05) is 6.61 Å². The summed E-state index contributed by atoms with van der Waals surface area (Å²) in [5.41, 5.74) is 7.71. The van der Waals surface area contributed by atoms with Gasteiger partial charge in [-0.05, 0) is 33.6 Å². The Hall–Kier alpha value is -1.89. The maximum atomic E-state index is 11.2. The van der Waals surface area contributed by atoms with Gasteiger partial charge in [0.25, 0.3) is 5.91 Å². The Morgan fingerprint density at radius 3 is 3.06 bits per heavy atom. The number of hydrogen-bond donors (Lipinski definition) is 2. The van der Waals surface area contributed by atoms with Crippen molar-refractivity contribution in [1.29, 1.82) is 0 Å². The Morgan fingerprint density at radius 2 is 2.28 bits per heavy atom. The number of nitrogens with one attached hydrogen (secondary N) is 1. The molecular weight excluding hydrogens is 300 g/mol. The van der Waals surface area contributed by atoms with Crippen LogP contribution in [0.5, 0.6) is 5.75 Å². The van der Waals surface area contributed by atoms with Crippen LogP contribution in [0, 0.1) is 0 Å². The van der Waals surface area contributed by atoms with Crippen LogP contribution >= 0.6 is 15.9 Å². The van der Waals surface area contributed by atoms with Gasteiger partial charge in [0.1, 0.15) is 11.4 Å². The fourth-order valence-corrected chi connectivity index (χ4v) is 2.62. The zero-order chi connectivity index (χ0) is 12.7. The summed E-state index contributed by atoms with van der Waals surface area (Å²) in [5.74, 6) is 0.245. The molecule has 6 nitrogen and oxygen atoms in total. The maximum absolute atomic E-state index is 11.2. The van der Waals surface area contributed by atoms with Gasteiger partial charge in [-0.2, -0.15) is 15.4 Å². The highest BCUT2D eigenvalue weighted by atomic mass is 79.9. The summed E-state index contributed by atoms with van der Waals surface area (Å²) < 4.78 is 6.34. The molecular formula is C11H9BrN4O2. The van der Waals surface area contributed by atoms with Gasteiger partial charge in [-0.3, -0.25) is 4.79 Å². The second-order valence-corrected chi connectivity index (χ2v) is 4.78. The van der Waals surface area contributed by atoms with E-state index < -0.39 is 5.91 Å². The quantitative estimate of drug-likeness (QED) is 0.873. The lowest BCUT2D eigenvalue weighted by atomic mass is 10.0. The topological polar surface area (TPSA) is 93.9 Å². The molecule has 92 valence electrons. The standard InChI is InChI=1S/C11H9BrN4O2/c12-7-4-6(3-5-1-2-18-10(5)7)8-9(11(13)17)15-16-14-8/h3-4H,1-2H2,(H2,13,17)(H,14,15,16). The molecule has 2 heterocycles. The normalized spacial score (nSPS) is 13.2. The number of rotatable bonds is 2. The second-order valence-electron chi connectivity index (χ2n) is 3.93. The van der Waals surface area contributed by atoms with E-state index in [2.05, 4.69) is 31.3 Å². The van der Waals surface area contributed by atoms with Crippen molar-refractivity contribution < 1.29 is 9.53 Å². The van der Waals surface area contributed by atoms with Crippen LogP contribution < -0.4 is 10.5 Å². The molecule has 0 aliphatic carbocycles. The summed E-state index contributed by atoms with van der Waals surface area (Å²) in [4.78, 5) is 11.2. The fourth-order valence-electron chi connectivity index (χ4n) is 2.00. The minimum atomic E-state index is -0.605. The third-order valence-electron chi connectivity index (χ3n) is 2.79. The van der Waals surface area contributed by atoms with E-state index in [1.165, 1.54) is 0 Å². The van der Waals surface area contributed by atoms with Crippen LogP contribution in [0.3, 0.4) is 0 Å². The molecule has 2 aromatic rings. The lowest BCUT2D eigenvalue weighted by Gasteiger charge is -2.05. The minimum absolute atomic E-state index is 0.140. The molecule has 0 saturated carbocycles. The van der Waals surface area contributed by atoms with Crippen molar-refractivity contribution in [3.63, 3.8) is 0 Å². The fraction of sp³-hybridized carbons (Fsp3) is 0.182. The first kappa shape index (κ1) is 11.2. The Morgan fingerprint density at radius 1 is 1.44 bits per heavy atom. The smallest absolute Gasteiger partial charge is 0.271 e. The highest BCUT2D eigenvalue weighted by Gasteiger charge is 2.21. The van der Waals surface area contributed by atoms with Crippen molar-refractivity contribution in [1.82, 2.24) is 15.4 Å². The predicted octanol–water partition coefficient (Wildman–Crippen LogP) is 1.27. The monoisotopic (exact) mass is 308 g/mol. The van der Waals surface area contributed by atoms with E-state index in [4.69, 9.17) is 10.5 Å². The molecule has 1 aliphatic rings. The Bertz CT molecular complexity index is 638. The third-order valence-corrected chi connectivity index (χ3v) is 3.38. The number of aromatic amines is 1. The van der Waals surface area contributed by atoms with E-state index >= 15 is 0 Å². The zero-order valence-electron chi connectivity index (χ0n) is 9.24. The molecule has 1 amide bonds. The molecule has 1 aromatic carbocycles. The number of carbonyl (C=O) groups excluding carboxylic acids is 1. The molecule has 0 spiro atoms. The lowest BCUT2D eigenvalue weighted by molar-refractivity contribution is 0.0996. The lowest BCUT2D eigenvalue weighted by Crippen LogP contribution is -2.12. The zero-order valence-corrected chi connectivity index (χ0v) is 10.8. The number of benzene rings is 1. The predicted molar refractivity (Wildman–Crippen MR) is 67.2 cm³/mol. The summed E-state index contributed by atoms with van der Waals surface area (Å²) in [5, 5.41) is 10.2. The molecule has 0 atom stereocenters. The van der Waals surface area contributed by atoms with Crippen molar-refractivity contribution >= 4 is 21.8 Å². The summed E-state index contributed by atoms with van der Waals surface area (Å²) in [6.07, 6.45) is 0.839. The van der Waals surface area contributed by atoms with Crippen molar-refractivity contribution in [2.24, 2.45) is 5.73 Å². The maximum Gasteiger partial charge on any atom is 0.271 e. The third kappa shape index (κ3) is 1.67. The van der Waals surface area contributed by atoms with E-state index in [0.29, 0.717) is 12.3 Å². The second kappa shape index (κ2) is 4.09. The van der Waals surface area contributed by atoms with Crippen LogP contribution in [0.2, 0.25) is 0 Å². The average Bonchev–Trinajstić information content (AvgIpc) is 2.97. The first-order valence-corrected chi connectivity index (χ1v) is 6.12. The molecule has 0 fully saturated rings. The highest BCUT2D eigenvalue weighted by molar-refractivity contribution is 9.10. The van der Waals surface area contributed by atoms with E-state index in [1.54, 1.807) is 0 Å². The number of nitrogens with two attached hydrogens (primary N) is 1. The number of nitrogens with zero attached hydrogens (tertiary/aromatic N) is 2. The number of halogens is 1. The molecule has 0 saturated heterocycles. The minimum Gasteiger partial charge on any atom is -0.492 e. The van der Waals surface area contributed by atoms with Crippen LogP contribution in [0.25, 0.3) is 11.3 Å². The van der Waals surface area contributed by atoms with Gasteiger partial charge >= 0.3 is 0 Å². The molecule has 3 N–H and O–H groups in total. The van der Waals surface area contributed by atoms with Gasteiger partial charge in [-0.25, -0.2) is 0 Å². The van der Waals surface area contributed by atoms with E-state index in [0.717, 1.165) is 27.8 Å². The molecule has 0 radical (unpaired) electrons. The van der Waals surface area contributed by atoms with Gasteiger partial charge in [0.2, 0.25) is 0 Å². The van der Waals surface area contributed by atoms with Crippen molar-refractivity contribution in [3.8, 4) is 17.0 Å². The largest absolute Gasteiger partial charge is 0.492 e. The van der Waals surface area contributed by atoms with Crippen LogP contribution in [-0.2, 0) is 6.42 Å². The van der Waals surface area contributed by atoms with Gasteiger partial charge in [0.05, 0.1) is 11.1 Å². The summed E-state index contributed by atoms with van der Waals surface area (Å²) in [7, 11) is 0. The van der Waals surface area contributed by atoms with E-state index in [-0.39, 0.29) is 5.69 Å². The first-order chi connectivity index (χ1) is 8.66. The number of amides is 1. The number of H-pyrrole nitrogens is 1. The molecule has 0 bridgehead atoms. The van der Waals surface area contributed by atoms with Crippen LogP contribution in [0.15, 0.2) is 16.6 Å². The first-order valence-electron chi connectivity index (χ1n) is 5.33. The SMILES string of the molecule is NC(=O)c1n[nH]nc1-c1cc(Br)c2c(c1)CCO2. The van der Waals surface area contributed by atoms with E-state index in [9.17, 15) is 4.79 Å². The van der Waals surface area contributed by atoms with Crippen LogP contribution in [-0.4, -0.2) is 27.9 Å². The summed E-state index contributed by atoms with van der Waals surface area (Å²) in [6, 6.07) is 3.78. The average molecular weight is 309 g/mol. The number of carbonyl (C=O) groups is 1. The van der Waals surface area contributed by atoms with Gasteiger partial charge in [-0.1, -0.05) is 0 Å². The summed E-state index contributed by atoms with van der Waals surface area (Å²) in [6.45, 7) is 0.666. The van der Waals surface area contributed by atoms with E-state index in [1.807, 2.05) is 12.1 Å². The molecule has 18 heavy (non-hydrogen) atoms. The number of fused-ring (bicyclic) bond motifs is 1.